The number of halogens is 3. The van der Waals surface area contributed by atoms with Crippen LogP contribution in [0.3, 0.4) is 0 Å². The molecule has 1 saturated heterocycles. The number of piperazine rings is 1. The van der Waals surface area contributed by atoms with Crippen LogP contribution >= 0.6 is 0 Å². The van der Waals surface area contributed by atoms with Gasteiger partial charge in [-0.3, -0.25) is 4.79 Å². The van der Waals surface area contributed by atoms with Crippen molar-refractivity contribution in [2.75, 3.05) is 38.1 Å². The molecule has 0 saturated carbocycles. The van der Waals surface area contributed by atoms with Gasteiger partial charge < -0.3 is 24.2 Å². The molecule has 1 fully saturated rings. The first-order chi connectivity index (χ1) is 14.8. The summed E-state index contributed by atoms with van der Waals surface area (Å²) in [5.41, 5.74) is -1.28. The average molecular weight is 433 g/mol. The molecule has 0 unspecified atom stereocenters. The summed E-state index contributed by atoms with van der Waals surface area (Å²) in [6, 6.07) is 5.77. The third-order valence-corrected chi connectivity index (χ3v) is 5.25. The number of fused-ring (bicyclic) bond motifs is 1. The highest BCUT2D eigenvalue weighted by molar-refractivity contribution is 5.87. The molecule has 31 heavy (non-hydrogen) atoms. The van der Waals surface area contributed by atoms with Crippen molar-refractivity contribution >= 4 is 22.7 Å². The lowest BCUT2D eigenvalue weighted by Gasteiger charge is -2.34. The highest BCUT2D eigenvalue weighted by atomic mass is 19.1. The van der Waals surface area contributed by atoms with Gasteiger partial charge in [0.2, 0.25) is 5.43 Å². The number of anilines is 1. The quantitative estimate of drug-likeness (QED) is 0.640. The summed E-state index contributed by atoms with van der Waals surface area (Å²) in [7, 11) is 1.90. The van der Waals surface area contributed by atoms with Crippen LogP contribution in [-0.2, 0) is 0 Å². The topological polar surface area (TPSA) is 75.0 Å². The normalized spacial score (nSPS) is 14.8. The monoisotopic (exact) mass is 433 g/mol. The molecule has 4 rings (SSSR count). The molecule has 2 aromatic carbocycles. The lowest BCUT2D eigenvalue weighted by Crippen LogP contribution is -2.45. The minimum absolute atomic E-state index is 0.233. The van der Waals surface area contributed by atoms with E-state index in [1.54, 1.807) is 4.90 Å². The molecule has 0 radical (unpaired) electrons. The van der Waals surface area contributed by atoms with Gasteiger partial charge in [0.05, 0.1) is 17.1 Å². The van der Waals surface area contributed by atoms with E-state index >= 15 is 4.39 Å². The van der Waals surface area contributed by atoms with Crippen molar-refractivity contribution in [2.24, 2.45) is 0 Å². The standard InChI is InChI=1S/C21H18F3N3O4/c1-25-6-8-26(9-7-25)19-15(23)10-14-18(17(19)24)27(13-4-2-12(22)3-5-13)11-16(20(14)28)31-21(29)30/h2-5,10-11H,6-9H2,1H3,(H,29,30). The van der Waals surface area contributed by atoms with Crippen LogP contribution in [0, 0.1) is 17.5 Å². The Labute approximate surface area is 174 Å². The molecule has 0 atom stereocenters. The summed E-state index contributed by atoms with van der Waals surface area (Å²) < 4.78 is 49.8. The Kier molecular flexibility index (Phi) is 5.32. The minimum atomic E-state index is -1.75. The first-order valence-corrected chi connectivity index (χ1v) is 9.44. The van der Waals surface area contributed by atoms with E-state index in [1.165, 1.54) is 12.1 Å². The van der Waals surface area contributed by atoms with Crippen LogP contribution in [0.2, 0.25) is 0 Å². The summed E-state index contributed by atoms with van der Waals surface area (Å²) in [5.74, 6) is -3.08. The fraction of sp³-hybridized carbons (Fsp3) is 0.238. The van der Waals surface area contributed by atoms with E-state index in [0.717, 1.165) is 29.0 Å². The van der Waals surface area contributed by atoms with Crippen LogP contribution < -0.4 is 15.1 Å². The summed E-state index contributed by atoms with van der Waals surface area (Å²) in [4.78, 5) is 27.3. The van der Waals surface area contributed by atoms with Crippen LogP contribution in [0.4, 0.5) is 23.7 Å². The second-order valence-electron chi connectivity index (χ2n) is 7.24. The van der Waals surface area contributed by atoms with Gasteiger partial charge in [-0.25, -0.2) is 18.0 Å². The van der Waals surface area contributed by atoms with Crippen molar-refractivity contribution in [3.05, 3.63) is 64.2 Å². The van der Waals surface area contributed by atoms with Crippen molar-refractivity contribution in [2.45, 2.75) is 0 Å². The van der Waals surface area contributed by atoms with Crippen molar-refractivity contribution in [3.63, 3.8) is 0 Å². The molecule has 0 bridgehead atoms. The van der Waals surface area contributed by atoms with Gasteiger partial charge in [0, 0.05) is 31.9 Å². The van der Waals surface area contributed by atoms with Gasteiger partial charge in [-0.2, -0.15) is 0 Å². The summed E-state index contributed by atoms with van der Waals surface area (Å²) in [6.07, 6.45) is -0.752. The number of pyridine rings is 1. The Balaban J connectivity index is 2.01. The number of carbonyl (C=O) groups is 1. The zero-order valence-corrected chi connectivity index (χ0v) is 16.4. The van der Waals surface area contributed by atoms with Crippen molar-refractivity contribution in [3.8, 4) is 11.4 Å². The molecule has 7 nitrogen and oxygen atoms in total. The molecule has 1 aliphatic heterocycles. The molecule has 2 heterocycles. The van der Waals surface area contributed by atoms with E-state index in [1.807, 2.05) is 11.9 Å². The highest BCUT2D eigenvalue weighted by Gasteiger charge is 2.26. The maximum absolute atomic E-state index is 15.7. The number of hydrogen-bond donors (Lipinski definition) is 1. The summed E-state index contributed by atoms with van der Waals surface area (Å²) >= 11 is 0. The van der Waals surface area contributed by atoms with Gasteiger partial charge in [0.25, 0.3) is 0 Å². The predicted molar refractivity (Wildman–Crippen MR) is 108 cm³/mol. The van der Waals surface area contributed by atoms with E-state index in [4.69, 9.17) is 5.11 Å². The molecule has 3 aromatic rings. The van der Waals surface area contributed by atoms with Crippen LogP contribution in [0.5, 0.6) is 5.75 Å². The Morgan fingerprint density at radius 3 is 2.32 bits per heavy atom. The van der Waals surface area contributed by atoms with Crippen LogP contribution in [0.15, 0.2) is 41.3 Å². The third kappa shape index (κ3) is 3.81. The number of hydrogen-bond acceptors (Lipinski definition) is 5. The smallest absolute Gasteiger partial charge is 0.449 e. The fourth-order valence-corrected chi connectivity index (χ4v) is 3.67. The lowest BCUT2D eigenvalue weighted by molar-refractivity contribution is 0.144. The molecule has 1 N–H and O–H groups in total. The number of ether oxygens (including phenoxy) is 1. The van der Waals surface area contributed by atoms with Gasteiger partial charge in [-0.15, -0.1) is 0 Å². The summed E-state index contributed by atoms with van der Waals surface area (Å²) in [5, 5.41) is 8.53. The third-order valence-electron chi connectivity index (χ3n) is 5.25. The highest BCUT2D eigenvalue weighted by Crippen LogP contribution is 2.32. The summed E-state index contributed by atoms with van der Waals surface area (Å²) in [6.45, 7) is 1.98. The van der Waals surface area contributed by atoms with Gasteiger partial charge in [-0.05, 0) is 37.4 Å². The van der Waals surface area contributed by atoms with E-state index in [-0.39, 0.29) is 16.9 Å². The second-order valence-corrected chi connectivity index (χ2v) is 7.24. The van der Waals surface area contributed by atoms with Crippen molar-refractivity contribution < 1.29 is 27.8 Å². The predicted octanol–water partition coefficient (Wildman–Crippen LogP) is 3.22. The maximum Gasteiger partial charge on any atom is 0.511 e. The van der Waals surface area contributed by atoms with Gasteiger partial charge >= 0.3 is 6.16 Å². The second kappa shape index (κ2) is 7.95. The number of carboxylic acid groups (broad SMARTS) is 1. The number of rotatable bonds is 3. The van der Waals surface area contributed by atoms with E-state index in [2.05, 4.69) is 4.74 Å². The molecule has 0 aliphatic carbocycles. The van der Waals surface area contributed by atoms with Crippen LogP contribution in [-0.4, -0.2) is 54.0 Å². The molecule has 1 aliphatic rings. The minimum Gasteiger partial charge on any atom is -0.449 e. The Bertz CT molecular complexity index is 1220. The molecule has 1 aromatic heterocycles. The first kappa shape index (κ1) is 20.7. The first-order valence-electron chi connectivity index (χ1n) is 9.44. The van der Waals surface area contributed by atoms with Gasteiger partial charge in [0.15, 0.2) is 11.6 Å². The SMILES string of the molecule is CN1CCN(c2c(F)cc3c(=O)c(OC(=O)O)cn(-c4ccc(F)cc4)c3c2F)CC1. The molecule has 0 spiro atoms. The fourth-order valence-electron chi connectivity index (χ4n) is 3.67. The molecular formula is C21H18F3N3O4. The average Bonchev–Trinajstić information content (AvgIpc) is 2.72. The number of likely N-dealkylation sites (N-methyl/N-ethyl adjacent to an activating group) is 1. The van der Waals surface area contributed by atoms with E-state index in [0.29, 0.717) is 26.2 Å². The van der Waals surface area contributed by atoms with Crippen LogP contribution in [0.25, 0.3) is 16.6 Å². The Morgan fingerprint density at radius 2 is 1.71 bits per heavy atom. The Morgan fingerprint density at radius 1 is 1.06 bits per heavy atom. The maximum atomic E-state index is 15.7. The molecule has 0 amide bonds. The van der Waals surface area contributed by atoms with Crippen LogP contribution in [0.1, 0.15) is 0 Å². The molecular weight excluding hydrogens is 415 g/mol. The largest absolute Gasteiger partial charge is 0.511 e. The zero-order valence-electron chi connectivity index (χ0n) is 16.4. The van der Waals surface area contributed by atoms with Gasteiger partial charge in [0.1, 0.15) is 17.3 Å². The van der Waals surface area contributed by atoms with E-state index in [9.17, 15) is 18.4 Å². The number of benzene rings is 2. The van der Waals surface area contributed by atoms with Crippen molar-refractivity contribution in [1.29, 1.82) is 0 Å². The number of nitrogens with zero attached hydrogens (tertiary/aromatic N) is 3. The lowest BCUT2D eigenvalue weighted by atomic mass is 10.1. The molecule has 162 valence electrons. The Hall–Kier alpha value is -3.53. The molecule has 10 heteroatoms. The van der Waals surface area contributed by atoms with E-state index < -0.39 is 40.2 Å². The van der Waals surface area contributed by atoms with Gasteiger partial charge in [-0.1, -0.05) is 0 Å². The van der Waals surface area contributed by atoms with Crippen molar-refractivity contribution in [1.82, 2.24) is 9.47 Å². The number of aromatic nitrogens is 1. The zero-order chi connectivity index (χ0) is 22.3.